The molecule has 7 nitrogen and oxygen atoms in total. The molecule has 0 saturated heterocycles. The molecule has 0 aliphatic carbocycles. The molecule has 0 aliphatic heterocycles. The van der Waals surface area contributed by atoms with Gasteiger partial charge in [-0.2, -0.15) is 5.10 Å². The number of rotatable bonds is 6. The zero-order valence-corrected chi connectivity index (χ0v) is 15.6. The summed E-state index contributed by atoms with van der Waals surface area (Å²) in [6.07, 6.45) is 3.14. The summed E-state index contributed by atoms with van der Waals surface area (Å²) in [5.74, 6) is 0.513. The minimum absolute atomic E-state index is 0.181. The van der Waals surface area contributed by atoms with Gasteiger partial charge in [0.25, 0.3) is 11.5 Å². The molecule has 3 rings (SSSR count). The lowest BCUT2D eigenvalue weighted by Gasteiger charge is -2.10. The molecule has 134 valence electrons. The van der Waals surface area contributed by atoms with E-state index in [0.717, 1.165) is 5.56 Å². The Balaban J connectivity index is 1.65. The molecule has 1 aromatic carbocycles. The molecule has 0 atom stereocenters. The van der Waals surface area contributed by atoms with Crippen molar-refractivity contribution in [1.82, 2.24) is 15.1 Å². The Labute approximate surface area is 158 Å². The lowest BCUT2D eigenvalue weighted by Crippen LogP contribution is -2.23. The molecular formula is C18H17BrN4O3. The van der Waals surface area contributed by atoms with E-state index in [9.17, 15) is 9.59 Å². The van der Waals surface area contributed by atoms with Gasteiger partial charge >= 0.3 is 0 Å². The molecule has 1 amide bonds. The number of halogens is 1. The normalized spacial score (nSPS) is 10.5. The van der Waals surface area contributed by atoms with Gasteiger partial charge in [0.1, 0.15) is 10.2 Å². The molecule has 26 heavy (non-hydrogen) atoms. The summed E-state index contributed by atoms with van der Waals surface area (Å²) in [6.45, 7) is 0.785. The van der Waals surface area contributed by atoms with Crippen LogP contribution in [0.3, 0.4) is 0 Å². The Kier molecular flexibility index (Phi) is 5.52. The summed E-state index contributed by atoms with van der Waals surface area (Å²) in [5.41, 5.74) is 1.84. The molecule has 0 radical (unpaired) electrons. The van der Waals surface area contributed by atoms with E-state index in [2.05, 4.69) is 31.7 Å². The molecule has 2 heterocycles. The summed E-state index contributed by atoms with van der Waals surface area (Å²) < 4.78 is 6.87. The maximum absolute atomic E-state index is 12.3. The highest BCUT2D eigenvalue weighted by Gasteiger charge is 2.09. The van der Waals surface area contributed by atoms with Gasteiger partial charge in [0.15, 0.2) is 0 Å². The van der Waals surface area contributed by atoms with Gasteiger partial charge in [-0.3, -0.25) is 9.59 Å². The van der Waals surface area contributed by atoms with Crippen LogP contribution in [0.4, 0.5) is 5.69 Å². The van der Waals surface area contributed by atoms with Crippen molar-refractivity contribution in [2.24, 2.45) is 7.05 Å². The minimum Gasteiger partial charge on any atom is -0.467 e. The molecule has 0 aliphatic rings. The number of nitrogens with zero attached hydrogens (tertiary/aromatic N) is 2. The number of anilines is 1. The third-order valence-corrected chi connectivity index (χ3v) is 4.52. The summed E-state index contributed by atoms with van der Waals surface area (Å²) >= 11 is 3.27. The highest BCUT2D eigenvalue weighted by Crippen LogP contribution is 2.17. The van der Waals surface area contributed by atoms with E-state index >= 15 is 0 Å². The second-order valence-electron chi connectivity index (χ2n) is 5.62. The molecule has 2 aromatic heterocycles. The van der Waals surface area contributed by atoms with Crippen molar-refractivity contribution in [3.63, 3.8) is 0 Å². The number of carbonyl (C=O) groups is 1. The monoisotopic (exact) mass is 416 g/mol. The van der Waals surface area contributed by atoms with Gasteiger partial charge in [-0.1, -0.05) is 12.1 Å². The van der Waals surface area contributed by atoms with Gasteiger partial charge in [0.05, 0.1) is 24.7 Å². The van der Waals surface area contributed by atoms with Crippen molar-refractivity contribution >= 4 is 27.5 Å². The number of carbonyl (C=O) groups excluding carboxylic acids is 1. The number of amides is 1. The van der Waals surface area contributed by atoms with E-state index in [1.54, 1.807) is 43.8 Å². The molecule has 0 fully saturated rings. The Morgan fingerprint density at radius 3 is 2.88 bits per heavy atom. The second-order valence-corrected chi connectivity index (χ2v) is 6.41. The Morgan fingerprint density at radius 2 is 2.12 bits per heavy atom. The number of benzene rings is 1. The van der Waals surface area contributed by atoms with Crippen molar-refractivity contribution < 1.29 is 9.21 Å². The van der Waals surface area contributed by atoms with Crippen LogP contribution in [0, 0.1) is 0 Å². The molecular weight excluding hydrogens is 400 g/mol. The quantitative estimate of drug-likeness (QED) is 0.644. The fraction of sp³-hybridized carbons (Fsp3) is 0.167. The predicted molar refractivity (Wildman–Crippen MR) is 101 cm³/mol. The molecule has 0 spiro atoms. The first-order chi connectivity index (χ1) is 12.5. The maximum Gasteiger partial charge on any atom is 0.282 e. The SMILES string of the molecule is Cn1ncc(NCc2cccc(C(=O)NCc3ccco3)c2)c(Br)c1=O. The van der Waals surface area contributed by atoms with Gasteiger partial charge in [-0.25, -0.2) is 4.68 Å². The van der Waals surface area contributed by atoms with Gasteiger partial charge in [-0.15, -0.1) is 0 Å². The molecule has 0 saturated carbocycles. The predicted octanol–water partition coefficient (Wildman–Crippen LogP) is 2.68. The van der Waals surface area contributed by atoms with Crippen molar-refractivity contribution in [3.8, 4) is 0 Å². The number of furan rings is 1. The average Bonchev–Trinajstić information content (AvgIpc) is 3.17. The fourth-order valence-electron chi connectivity index (χ4n) is 2.34. The summed E-state index contributed by atoms with van der Waals surface area (Å²) in [5, 5.41) is 9.94. The average molecular weight is 417 g/mol. The summed E-state index contributed by atoms with van der Waals surface area (Å²) in [7, 11) is 1.59. The van der Waals surface area contributed by atoms with Crippen LogP contribution in [0.15, 0.2) is 62.5 Å². The fourth-order valence-corrected chi connectivity index (χ4v) is 2.84. The summed E-state index contributed by atoms with van der Waals surface area (Å²) in [4.78, 5) is 24.1. The Hall–Kier alpha value is -2.87. The zero-order valence-electron chi connectivity index (χ0n) is 14.0. The third kappa shape index (κ3) is 4.20. The van der Waals surface area contributed by atoms with Crippen molar-refractivity contribution in [2.75, 3.05) is 5.32 Å². The van der Waals surface area contributed by atoms with E-state index in [4.69, 9.17) is 4.42 Å². The lowest BCUT2D eigenvalue weighted by molar-refractivity contribution is 0.0948. The second kappa shape index (κ2) is 8.01. The van der Waals surface area contributed by atoms with Crippen LogP contribution >= 0.6 is 15.9 Å². The number of aryl methyl sites for hydroxylation is 1. The van der Waals surface area contributed by atoms with E-state index in [-0.39, 0.29) is 11.5 Å². The van der Waals surface area contributed by atoms with Gasteiger partial charge < -0.3 is 15.1 Å². The number of aromatic nitrogens is 2. The lowest BCUT2D eigenvalue weighted by atomic mass is 10.1. The van der Waals surface area contributed by atoms with E-state index in [0.29, 0.717) is 34.6 Å². The van der Waals surface area contributed by atoms with E-state index in [1.807, 2.05) is 12.1 Å². The highest BCUT2D eigenvalue weighted by molar-refractivity contribution is 9.10. The number of nitrogens with one attached hydrogen (secondary N) is 2. The third-order valence-electron chi connectivity index (χ3n) is 3.75. The molecule has 0 bridgehead atoms. The standard InChI is InChI=1S/C18H17BrN4O3/c1-23-18(25)16(19)15(11-22-23)20-9-12-4-2-5-13(8-12)17(24)21-10-14-6-3-7-26-14/h2-8,11,20H,9-10H2,1H3,(H,21,24). The molecule has 3 aromatic rings. The van der Waals surface area contributed by atoms with Crippen molar-refractivity contribution in [1.29, 1.82) is 0 Å². The highest BCUT2D eigenvalue weighted by atomic mass is 79.9. The zero-order chi connectivity index (χ0) is 18.5. The van der Waals surface area contributed by atoms with Crippen LogP contribution in [0.25, 0.3) is 0 Å². The van der Waals surface area contributed by atoms with E-state index in [1.165, 1.54) is 4.68 Å². The molecule has 8 heteroatoms. The van der Waals surface area contributed by atoms with Gasteiger partial charge in [0.2, 0.25) is 0 Å². The minimum atomic E-state index is -0.221. The topological polar surface area (TPSA) is 89.2 Å². The first-order valence-corrected chi connectivity index (χ1v) is 8.69. The smallest absolute Gasteiger partial charge is 0.282 e. The first-order valence-electron chi connectivity index (χ1n) is 7.90. The van der Waals surface area contributed by atoms with Crippen LogP contribution in [0.5, 0.6) is 0 Å². The van der Waals surface area contributed by atoms with Gasteiger partial charge in [0, 0.05) is 19.2 Å². The largest absolute Gasteiger partial charge is 0.467 e. The summed E-state index contributed by atoms with van der Waals surface area (Å²) in [6, 6.07) is 10.8. The van der Waals surface area contributed by atoms with Crippen LogP contribution in [-0.2, 0) is 20.1 Å². The molecule has 2 N–H and O–H groups in total. The Bertz CT molecular complexity index is 967. The Morgan fingerprint density at radius 1 is 1.27 bits per heavy atom. The number of hydrogen-bond acceptors (Lipinski definition) is 5. The van der Waals surface area contributed by atoms with Crippen molar-refractivity contribution in [2.45, 2.75) is 13.1 Å². The van der Waals surface area contributed by atoms with Crippen LogP contribution in [-0.4, -0.2) is 15.7 Å². The van der Waals surface area contributed by atoms with Gasteiger partial charge in [-0.05, 0) is 45.8 Å². The van der Waals surface area contributed by atoms with Crippen molar-refractivity contribution in [3.05, 3.63) is 80.6 Å². The number of hydrogen-bond donors (Lipinski definition) is 2. The maximum atomic E-state index is 12.3. The van der Waals surface area contributed by atoms with Crippen LogP contribution in [0.2, 0.25) is 0 Å². The van der Waals surface area contributed by atoms with Crippen LogP contribution in [0.1, 0.15) is 21.7 Å². The van der Waals surface area contributed by atoms with E-state index < -0.39 is 0 Å². The van der Waals surface area contributed by atoms with Crippen LogP contribution < -0.4 is 16.2 Å². The molecule has 0 unspecified atom stereocenters. The first kappa shape index (κ1) is 17.9.